The van der Waals surface area contributed by atoms with Crippen LogP contribution in [0.1, 0.15) is 49.8 Å². The Bertz CT molecular complexity index is 827. The van der Waals surface area contributed by atoms with Crippen molar-refractivity contribution in [3.63, 3.8) is 0 Å². The number of hydrogen-bond donors (Lipinski definition) is 2. The molecule has 138 valence electrons. The normalized spacial score (nSPS) is 10.3. The van der Waals surface area contributed by atoms with Crippen LogP contribution in [0.2, 0.25) is 0 Å². The molecule has 7 nitrogen and oxygen atoms in total. The minimum atomic E-state index is -0.667. The molecule has 0 aliphatic heterocycles. The number of ether oxygens (including phenoxy) is 2. The molecule has 1 aromatic carbocycles. The van der Waals surface area contributed by atoms with Crippen molar-refractivity contribution in [3.8, 4) is 5.75 Å². The summed E-state index contributed by atoms with van der Waals surface area (Å²) >= 11 is 0.951. The lowest BCUT2D eigenvalue weighted by molar-refractivity contribution is 0.0527. The van der Waals surface area contributed by atoms with Crippen LogP contribution in [-0.4, -0.2) is 31.0 Å². The molecule has 2 rings (SSSR count). The summed E-state index contributed by atoms with van der Waals surface area (Å²) in [5, 5.41) is 2.89. The van der Waals surface area contributed by atoms with Crippen LogP contribution >= 0.6 is 11.3 Å². The monoisotopic (exact) mass is 376 g/mol. The van der Waals surface area contributed by atoms with Gasteiger partial charge in [-0.15, -0.1) is 11.3 Å². The van der Waals surface area contributed by atoms with Gasteiger partial charge in [0.05, 0.1) is 23.7 Å². The Kier molecular flexibility index (Phi) is 6.35. The summed E-state index contributed by atoms with van der Waals surface area (Å²) in [6.07, 6.45) is 0. The van der Waals surface area contributed by atoms with E-state index in [4.69, 9.17) is 15.2 Å². The second kappa shape index (κ2) is 8.48. The molecule has 0 radical (unpaired) electrons. The predicted octanol–water partition coefficient (Wildman–Crippen LogP) is 2.98. The maximum atomic E-state index is 12.5. The lowest BCUT2D eigenvalue weighted by atomic mass is 10.1. The lowest BCUT2D eigenvalue weighted by Gasteiger charge is -2.08. The number of carbonyl (C=O) groups is 3. The molecule has 1 heterocycles. The van der Waals surface area contributed by atoms with Gasteiger partial charge in [0, 0.05) is 5.56 Å². The first-order valence-electron chi connectivity index (χ1n) is 8.03. The number of amides is 2. The Morgan fingerprint density at radius 2 is 1.77 bits per heavy atom. The third-order valence-electron chi connectivity index (χ3n) is 3.50. The van der Waals surface area contributed by atoms with E-state index in [1.165, 1.54) is 0 Å². The fraction of sp³-hybridized carbons (Fsp3) is 0.278. The third-order valence-corrected chi connectivity index (χ3v) is 4.73. The molecule has 26 heavy (non-hydrogen) atoms. The zero-order valence-electron chi connectivity index (χ0n) is 14.8. The fourth-order valence-corrected chi connectivity index (χ4v) is 3.37. The van der Waals surface area contributed by atoms with Crippen LogP contribution in [0, 0.1) is 6.92 Å². The minimum Gasteiger partial charge on any atom is -0.494 e. The van der Waals surface area contributed by atoms with Gasteiger partial charge in [-0.1, -0.05) is 0 Å². The van der Waals surface area contributed by atoms with E-state index in [1.54, 1.807) is 38.1 Å². The number of hydrogen-bond acceptors (Lipinski definition) is 6. The molecule has 1 aromatic heterocycles. The summed E-state index contributed by atoms with van der Waals surface area (Å²) in [5.74, 6) is -1.05. The molecule has 0 spiro atoms. The number of primary amides is 1. The average Bonchev–Trinajstić information content (AvgIpc) is 2.92. The highest BCUT2D eigenvalue weighted by Gasteiger charge is 2.25. The molecule has 0 unspecified atom stereocenters. The van der Waals surface area contributed by atoms with Gasteiger partial charge in [-0.2, -0.15) is 0 Å². The van der Waals surface area contributed by atoms with Crippen LogP contribution in [0.5, 0.6) is 5.75 Å². The summed E-state index contributed by atoms with van der Waals surface area (Å²) in [5.41, 5.74) is 6.27. The first kappa shape index (κ1) is 19.5. The highest BCUT2D eigenvalue weighted by atomic mass is 32.1. The number of nitrogens with one attached hydrogen (secondary N) is 1. The van der Waals surface area contributed by atoms with E-state index < -0.39 is 17.8 Å². The van der Waals surface area contributed by atoms with E-state index in [-0.39, 0.29) is 22.0 Å². The number of benzene rings is 1. The van der Waals surface area contributed by atoms with Crippen LogP contribution in [0.25, 0.3) is 0 Å². The van der Waals surface area contributed by atoms with E-state index in [0.717, 1.165) is 11.3 Å². The molecular formula is C18H20N2O5S. The van der Waals surface area contributed by atoms with Crippen molar-refractivity contribution in [1.82, 2.24) is 0 Å². The summed E-state index contributed by atoms with van der Waals surface area (Å²) in [4.78, 5) is 36.5. The van der Waals surface area contributed by atoms with Crippen LogP contribution in [0.3, 0.4) is 0 Å². The third kappa shape index (κ3) is 4.20. The van der Waals surface area contributed by atoms with Gasteiger partial charge in [0.2, 0.25) is 0 Å². The van der Waals surface area contributed by atoms with Gasteiger partial charge >= 0.3 is 5.97 Å². The SMILES string of the molecule is CCOC(=O)c1c(NC(=O)c2ccc(OCC)cc2)sc(C(N)=O)c1C. The van der Waals surface area contributed by atoms with Crippen molar-refractivity contribution < 1.29 is 23.9 Å². The van der Waals surface area contributed by atoms with E-state index in [9.17, 15) is 14.4 Å². The topological polar surface area (TPSA) is 108 Å². The standard InChI is InChI=1S/C18H20N2O5S/c1-4-24-12-8-6-11(7-9-12)16(22)20-17-13(18(23)25-5-2)10(3)14(26-17)15(19)21/h6-9H,4-5H2,1-3H3,(H2,19,21)(H,20,22). The highest BCUT2D eigenvalue weighted by Crippen LogP contribution is 2.34. The molecule has 8 heteroatoms. The predicted molar refractivity (Wildman–Crippen MR) is 99.1 cm³/mol. The molecule has 3 N–H and O–H groups in total. The average molecular weight is 376 g/mol. The Morgan fingerprint density at radius 3 is 2.31 bits per heavy atom. The van der Waals surface area contributed by atoms with Crippen molar-refractivity contribution in [2.24, 2.45) is 5.73 Å². The Labute approximate surface area is 155 Å². The summed E-state index contributed by atoms with van der Waals surface area (Å²) in [6, 6.07) is 6.58. The van der Waals surface area contributed by atoms with E-state index in [1.807, 2.05) is 6.92 Å². The summed E-state index contributed by atoms with van der Waals surface area (Å²) in [7, 11) is 0. The van der Waals surface area contributed by atoms with Gasteiger partial charge in [-0.05, 0) is 50.6 Å². The molecule has 0 fully saturated rings. The van der Waals surface area contributed by atoms with Gasteiger partial charge in [0.1, 0.15) is 10.8 Å². The van der Waals surface area contributed by atoms with Crippen molar-refractivity contribution in [1.29, 1.82) is 0 Å². The second-order valence-electron chi connectivity index (χ2n) is 5.26. The summed E-state index contributed by atoms with van der Waals surface area (Å²) in [6.45, 7) is 5.83. The molecule has 0 aliphatic rings. The van der Waals surface area contributed by atoms with Gasteiger partial charge in [-0.3, -0.25) is 9.59 Å². The second-order valence-corrected chi connectivity index (χ2v) is 6.28. The maximum Gasteiger partial charge on any atom is 0.341 e. The van der Waals surface area contributed by atoms with Gasteiger partial charge < -0.3 is 20.5 Å². The number of nitrogens with two attached hydrogens (primary N) is 1. The molecular weight excluding hydrogens is 356 g/mol. The van der Waals surface area contributed by atoms with Gasteiger partial charge in [0.15, 0.2) is 0 Å². The first-order chi connectivity index (χ1) is 12.4. The number of esters is 1. The van der Waals surface area contributed by atoms with E-state index >= 15 is 0 Å². The fourth-order valence-electron chi connectivity index (χ4n) is 2.33. The molecule has 2 amide bonds. The molecule has 0 bridgehead atoms. The van der Waals surface area contributed by atoms with Gasteiger partial charge in [0.25, 0.3) is 11.8 Å². The smallest absolute Gasteiger partial charge is 0.341 e. The molecule has 2 aromatic rings. The number of rotatable bonds is 7. The largest absolute Gasteiger partial charge is 0.494 e. The molecule has 0 aliphatic carbocycles. The van der Waals surface area contributed by atoms with Crippen molar-refractivity contribution >= 4 is 34.1 Å². The van der Waals surface area contributed by atoms with E-state index in [0.29, 0.717) is 23.5 Å². The number of carbonyl (C=O) groups excluding carboxylic acids is 3. The highest BCUT2D eigenvalue weighted by molar-refractivity contribution is 7.18. The molecule has 0 atom stereocenters. The van der Waals surface area contributed by atoms with Crippen molar-refractivity contribution in [3.05, 3.63) is 45.8 Å². The maximum absolute atomic E-state index is 12.5. The van der Waals surface area contributed by atoms with Crippen LogP contribution in [-0.2, 0) is 4.74 Å². The Hall–Kier alpha value is -2.87. The minimum absolute atomic E-state index is 0.143. The number of thiophene rings is 1. The van der Waals surface area contributed by atoms with Crippen LogP contribution < -0.4 is 15.8 Å². The molecule has 0 saturated heterocycles. The van der Waals surface area contributed by atoms with Crippen molar-refractivity contribution in [2.45, 2.75) is 20.8 Å². The molecule has 0 saturated carbocycles. The zero-order chi connectivity index (χ0) is 19.3. The zero-order valence-corrected chi connectivity index (χ0v) is 15.6. The Balaban J connectivity index is 2.32. The van der Waals surface area contributed by atoms with E-state index in [2.05, 4.69) is 5.32 Å². The van der Waals surface area contributed by atoms with Crippen LogP contribution in [0.15, 0.2) is 24.3 Å². The first-order valence-corrected chi connectivity index (χ1v) is 8.85. The Morgan fingerprint density at radius 1 is 1.12 bits per heavy atom. The number of anilines is 1. The quantitative estimate of drug-likeness (QED) is 0.722. The van der Waals surface area contributed by atoms with Crippen molar-refractivity contribution in [2.75, 3.05) is 18.5 Å². The lowest BCUT2D eigenvalue weighted by Crippen LogP contribution is -2.15. The van der Waals surface area contributed by atoms with Gasteiger partial charge in [-0.25, -0.2) is 4.79 Å². The van der Waals surface area contributed by atoms with Crippen LogP contribution in [0.4, 0.5) is 5.00 Å². The summed E-state index contributed by atoms with van der Waals surface area (Å²) < 4.78 is 10.4.